The van der Waals surface area contributed by atoms with E-state index < -0.39 is 0 Å². The van der Waals surface area contributed by atoms with Crippen LogP contribution in [0.2, 0.25) is 0 Å². The molecule has 0 radical (unpaired) electrons. The summed E-state index contributed by atoms with van der Waals surface area (Å²) < 4.78 is 26.3. The first-order chi connectivity index (χ1) is 12.7. The van der Waals surface area contributed by atoms with Gasteiger partial charge in [-0.15, -0.1) is 0 Å². The van der Waals surface area contributed by atoms with Crippen LogP contribution in [0.15, 0.2) is 48.5 Å². The smallest absolute Gasteiger partial charge is 0.126 e. The average Bonchev–Trinajstić information content (AvgIpc) is 2.70. The lowest BCUT2D eigenvalue weighted by atomic mass is 9.90. The lowest BCUT2D eigenvalue weighted by Crippen LogP contribution is -2.27. The predicted octanol–water partition coefficient (Wildman–Crippen LogP) is 4.59. The third-order valence-electron chi connectivity index (χ3n) is 5.34. The number of hydrogen-bond acceptors (Lipinski definition) is 2. The summed E-state index contributed by atoms with van der Waals surface area (Å²) >= 11 is 0. The van der Waals surface area contributed by atoms with Gasteiger partial charge in [0.25, 0.3) is 0 Å². The van der Waals surface area contributed by atoms with Crippen LogP contribution in [0.1, 0.15) is 48.6 Å². The quantitative estimate of drug-likeness (QED) is 0.821. The summed E-state index contributed by atoms with van der Waals surface area (Å²) in [5.41, 5.74) is 2.05. The maximum absolute atomic E-state index is 13.4. The number of piperidine rings is 2. The lowest BCUT2D eigenvalue weighted by molar-refractivity contribution is 0.445. The molecule has 0 spiro atoms. The molecule has 2 nitrogen and oxygen atoms in total. The van der Waals surface area contributed by atoms with Crippen LogP contribution in [0.5, 0.6) is 0 Å². The highest BCUT2D eigenvalue weighted by molar-refractivity contribution is 5.22. The third-order valence-corrected chi connectivity index (χ3v) is 5.34. The van der Waals surface area contributed by atoms with E-state index in [-0.39, 0.29) is 11.6 Å². The predicted molar refractivity (Wildman–Crippen MR) is 102 cm³/mol. The molecule has 2 saturated heterocycles. The Bertz CT molecular complexity index is 677. The van der Waals surface area contributed by atoms with E-state index in [0.717, 1.165) is 63.0 Å². The van der Waals surface area contributed by atoms with Gasteiger partial charge in [0, 0.05) is 0 Å². The number of hydrogen-bond donors (Lipinski definition) is 2. The van der Waals surface area contributed by atoms with E-state index in [9.17, 15) is 8.78 Å². The highest BCUT2D eigenvalue weighted by Gasteiger charge is 2.17. The summed E-state index contributed by atoms with van der Waals surface area (Å²) in [6, 6.07) is 14.1. The molecule has 4 rings (SSSR count). The molecular formula is C22H28F2N2. The SMILES string of the molecule is Fc1cccc(C2CCNCC2)c1.Fc1ccccc1C1CCNCC1. The molecule has 0 aliphatic carbocycles. The van der Waals surface area contributed by atoms with Crippen LogP contribution in [0.3, 0.4) is 0 Å². The molecule has 0 aromatic heterocycles. The van der Waals surface area contributed by atoms with Crippen molar-refractivity contribution in [2.75, 3.05) is 26.2 Å². The Morgan fingerprint density at radius 2 is 1.31 bits per heavy atom. The molecule has 4 heteroatoms. The minimum absolute atomic E-state index is 0.0469. The first-order valence-electron chi connectivity index (χ1n) is 9.65. The molecule has 0 unspecified atom stereocenters. The molecule has 140 valence electrons. The second-order valence-electron chi connectivity index (χ2n) is 7.13. The molecule has 2 N–H and O–H groups in total. The highest BCUT2D eigenvalue weighted by Crippen LogP contribution is 2.27. The van der Waals surface area contributed by atoms with Crippen LogP contribution in [0.25, 0.3) is 0 Å². The number of halogens is 2. The molecule has 2 fully saturated rings. The van der Waals surface area contributed by atoms with Crippen LogP contribution < -0.4 is 10.6 Å². The van der Waals surface area contributed by atoms with Gasteiger partial charge < -0.3 is 10.6 Å². The molecule has 2 aliphatic rings. The van der Waals surface area contributed by atoms with Crippen molar-refractivity contribution in [2.45, 2.75) is 37.5 Å². The zero-order chi connectivity index (χ0) is 18.2. The van der Waals surface area contributed by atoms with Gasteiger partial charge >= 0.3 is 0 Å². The first kappa shape index (κ1) is 19.0. The van der Waals surface area contributed by atoms with E-state index in [4.69, 9.17) is 0 Å². The highest BCUT2D eigenvalue weighted by atomic mass is 19.1. The molecule has 2 aliphatic heterocycles. The Morgan fingerprint density at radius 3 is 1.92 bits per heavy atom. The molecule has 0 saturated carbocycles. The fraction of sp³-hybridized carbons (Fsp3) is 0.455. The zero-order valence-corrected chi connectivity index (χ0v) is 15.2. The summed E-state index contributed by atoms with van der Waals surface area (Å²) in [4.78, 5) is 0. The van der Waals surface area contributed by atoms with Crippen LogP contribution in [0, 0.1) is 11.6 Å². The fourth-order valence-electron chi connectivity index (χ4n) is 3.85. The van der Waals surface area contributed by atoms with E-state index in [1.165, 1.54) is 6.07 Å². The van der Waals surface area contributed by atoms with E-state index in [0.29, 0.717) is 11.8 Å². The summed E-state index contributed by atoms with van der Waals surface area (Å²) in [5.74, 6) is 0.810. The van der Waals surface area contributed by atoms with Gasteiger partial charge in [-0.25, -0.2) is 8.78 Å². The molecule has 2 aromatic rings. The maximum Gasteiger partial charge on any atom is 0.126 e. The molecule has 2 aromatic carbocycles. The van der Waals surface area contributed by atoms with Crippen LogP contribution in [-0.2, 0) is 0 Å². The largest absolute Gasteiger partial charge is 0.317 e. The second-order valence-corrected chi connectivity index (χ2v) is 7.13. The Morgan fingerprint density at radius 1 is 0.692 bits per heavy atom. The van der Waals surface area contributed by atoms with Gasteiger partial charge in [-0.05, 0) is 93.0 Å². The Hall–Kier alpha value is -1.78. The molecular weight excluding hydrogens is 330 g/mol. The number of benzene rings is 2. The van der Waals surface area contributed by atoms with Crippen molar-refractivity contribution in [2.24, 2.45) is 0 Å². The van der Waals surface area contributed by atoms with E-state index in [1.54, 1.807) is 24.3 Å². The molecule has 0 amide bonds. The number of rotatable bonds is 2. The van der Waals surface area contributed by atoms with E-state index >= 15 is 0 Å². The van der Waals surface area contributed by atoms with Gasteiger partial charge in [0.1, 0.15) is 11.6 Å². The van der Waals surface area contributed by atoms with Gasteiger partial charge in [-0.1, -0.05) is 30.3 Å². The molecule has 2 heterocycles. The minimum Gasteiger partial charge on any atom is -0.317 e. The first-order valence-corrected chi connectivity index (χ1v) is 9.65. The maximum atomic E-state index is 13.4. The summed E-state index contributed by atoms with van der Waals surface area (Å²) in [6.07, 6.45) is 4.37. The zero-order valence-electron chi connectivity index (χ0n) is 15.2. The fourth-order valence-corrected chi connectivity index (χ4v) is 3.85. The van der Waals surface area contributed by atoms with Crippen LogP contribution >= 0.6 is 0 Å². The monoisotopic (exact) mass is 358 g/mol. The van der Waals surface area contributed by atoms with Crippen molar-refractivity contribution in [1.82, 2.24) is 10.6 Å². The summed E-state index contributed by atoms with van der Waals surface area (Å²) in [7, 11) is 0. The minimum atomic E-state index is -0.115. The van der Waals surface area contributed by atoms with Crippen LogP contribution in [-0.4, -0.2) is 26.2 Å². The van der Waals surface area contributed by atoms with Gasteiger partial charge in [-0.3, -0.25) is 0 Å². The van der Waals surface area contributed by atoms with Crippen molar-refractivity contribution in [1.29, 1.82) is 0 Å². The van der Waals surface area contributed by atoms with Crippen molar-refractivity contribution in [3.8, 4) is 0 Å². The standard InChI is InChI=1S/2C11H14FN/c12-11-3-1-2-10(8-11)9-4-6-13-7-5-9;12-11-4-2-1-3-10(11)9-5-7-13-8-6-9/h1-3,8-9,13H,4-7H2;1-4,9,13H,5-8H2. The third kappa shape index (κ3) is 5.36. The van der Waals surface area contributed by atoms with Crippen molar-refractivity contribution < 1.29 is 8.78 Å². The molecule has 26 heavy (non-hydrogen) atoms. The van der Waals surface area contributed by atoms with E-state index in [2.05, 4.69) is 10.6 Å². The van der Waals surface area contributed by atoms with Crippen molar-refractivity contribution in [3.63, 3.8) is 0 Å². The van der Waals surface area contributed by atoms with Gasteiger partial charge in [-0.2, -0.15) is 0 Å². The Kier molecular flexibility index (Phi) is 7.15. The van der Waals surface area contributed by atoms with Gasteiger partial charge in [0.05, 0.1) is 0 Å². The van der Waals surface area contributed by atoms with Gasteiger partial charge in [0.2, 0.25) is 0 Å². The summed E-state index contributed by atoms with van der Waals surface area (Å²) in [6.45, 7) is 4.14. The normalized spacial score (nSPS) is 18.8. The molecule has 0 bridgehead atoms. The Balaban J connectivity index is 0.000000151. The topological polar surface area (TPSA) is 24.1 Å². The van der Waals surface area contributed by atoms with Crippen molar-refractivity contribution in [3.05, 3.63) is 71.3 Å². The lowest BCUT2D eigenvalue weighted by Gasteiger charge is -2.23. The van der Waals surface area contributed by atoms with E-state index in [1.807, 2.05) is 18.2 Å². The molecule has 0 atom stereocenters. The summed E-state index contributed by atoms with van der Waals surface area (Å²) in [5, 5.41) is 6.59. The van der Waals surface area contributed by atoms with Crippen molar-refractivity contribution >= 4 is 0 Å². The second kappa shape index (κ2) is 9.79. The van der Waals surface area contributed by atoms with Gasteiger partial charge in [0.15, 0.2) is 0 Å². The number of nitrogens with one attached hydrogen (secondary N) is 2. The Labute approximate surface area is 155 Å². The van der Waals surface area contributed by atoms with Crippen LogP contribution in [0.4, 0.5) is 8.78 Å². The average molecular weight is 358 g/mol.